The molecule has 0 spiro atoms. The summed E-state index contributed by atoms with van der Waals surface area (Å²) >= 11 is 3.42. The van der Waals surface area contributed by atoms with Gasteiger partial charge in [0.25, 0.3) is 0 Å². The topological polar surface area (TPSA) is 35.5 Å². The summed E-state index contributed by atoms with van der Waals surface area (Å²) in [6, 6.07) is 3.66. The molecule has 0 aliphatic heterocycles. The minimum Gasteiger partial charge on any atom is -0.490 e. The van der Waals surface area contributed by atoms with Crippen LogP contribution in [0.4, 0.5) is 0 Å². The minimum atomic E-state index is -1.74. The fourth-order valence-corrected chi connectivity index (χ4v) is 2.94. The maximum absolute atomic E-state index is 11.1. The van der Waals surface area contributed by atoms with Gasteiger partial charge in [0.15, 0.2) is 14.6 Å². The predicted octanol–water partition coefficient (Wildman–Crippen LogP) is 4.97. The van der Waals surface area contributed by atoms with E-state index in [1.165, 1.54) is 0 Å². The fraction of sp³-hybridized carbons (Fsp3) is 0.562. The fourth-order valence-electron chi connectivity index (χ4n) is 1.55. The molecule has 0 N–H and O–H groups in total. The normalized spacial score (nSPS) is 12.3. The number of halogens is 1. The SMILES string of the molecule is Cc1cc(OCCO[Si](C)(C)C(C)(C)C)c(C=O)cc1Br. The first-order valence-corrected chi connectivity index (χ1v) is 10.8. The molecule has 0 fully saturated rings. The third kappa shape index (κ3) is 4.93. The van der Waals surface area contributed by atoms with Crippen molar-refractivity contribution in [3.63, 3.8) is 0 Å². The first-order valence-electron chi connectivity index (χ1n) is 7.10. The molecule has 5 heteroatoms. The quantitative estimate of drug-likeness (QED) is 0.401. The van der Waals surface area contributed by atoms with Gasteiger partial charge in [-0.05, 0) is 42.8 Å². The van der Waals surface area contributed by atoms with E-state index in [0.29, 0.717) is 24.5 Å². The maximum atomic E-state index is 11.1. The Hall–Kier alpha value is -0.653. The Labute approximate surface area is 137 Å². The largest absolute Gasteiger partial charge is 0.490 e. The lowest BCUT2D eigenvalue weighted by Crippen LogP contribution is -2.41. The van der Waals surface area contributed by atoms with Gasteiger partial charge in [-0.3, -0.25) is 4.79 Å². The number of hydrogen-bond acceptors (Lipinski definition) is 3. The van der Waals surface area contributed by atoms with Gasteiger partial charge in [0.1, 0.15) is 12.4 Å². The van der Waals surface area contributed by atoms with Crippen LogP contribution in [0.1, 0.15) is 36.7 Å². The van der Waals surface area contributed by atoms with Crippen LogP contribution in [0, 0.1) is 6.92 Å². The van der Waals surface area contributed by atoms with E-state index in [0.717, 1.165) is 16.3 Å². The molecule has 1 aromatic rings. The third-order valence-electron chi connectivity index (χ3n) is 4.03. The van der Waals surface area contributed by atoms with Crippen LogP contribution in [0.15, 0.2) is 16.6 Å². The second-order valence-electron chi connectivity index (χ2n) is 6.71. The third-order valence-corrected chi connectivity index (χ3v) is 9.42. The molecule has 0 aliphatic rings. The van der Waals surface area contributed by atoms with Crippen LogP contribution in [-0.2, 0) is 4.43 Å². The Morgan fingerprint density at radius 2 is 1.86 bits per heavy atom. The second-order valence-corrected chi connectivity index (χ2v) is 12.4. The van der Waals surface area contributed by atoms with Gasteiger partial charge in [-0.1, -0.05) is 36.7 Å². The van der Waals surface area contributed by atoms with Crippen molar-refractivity contribution in [2.45, 2.75) is 45.8 Å². The van der Waals surface area contributed by atoms with Crippen molar-refractivity contribution in [3.05, 3.63) is 27.7 Å². The van der Waals surface area contributed by atoms with Crippen LogP contribution in [-0.4, -0.2) is 27.8 Å². The Morgan fingerprint density at radius 1 is 1.24 bits per heavy atom. The van der Waals surface area contributed by atoms with Crippen molar-refractivity contribution in [3.8, 4) is 5.75 Å². The number of rotatable bonds is 6. The average Bonchev–Trinajstić information content (AvgIpc) is 2.36. The molecule has 21 heavy (non-hydrogen) atoms. The molecule has 0 aliphatic carbocycles. The highest BCUT2D eigenvalue weighted by atomic mass is 79.9. The molecule has 0 atom stereocenters. The highest BCUT2D eigenvalue weighted by molar-refractivity contribution is 9.10. The molecule has 1 rings (SSSR count). The molecule has 1 aromatic carbocycles. The van der Waals surface area contributed by atoms with Crippen LogP contribution in [0.5, 0.6) is 5.75 Å². The number of hydrogen-bond donors (Lipinski definition) is 0. The number of benzene rings is 1. The van der Waals surface area contributed by atoms with Gasteiger partial charge >= 0.3 is 0 Å². The molecule has 3 nitrogen and oxygen atoms in total. The van der Waals surface area contributed by atoms with Crippen LogP contribution in [0.2, 0.25) is 18.1 Å². The van der Waals surface area contributed by atoms with Crippen molar-refractivity contribution in [1.82, 2.24) is 0 Å². The van der Waals surface area contributed by atoms with Crippen molar-refractivity contribution >= 4 is 30.5 Å². The van der Waals surface area contributed by atoms with E-state index in [1.54, 1.807) is 6.07 Å². The van der Waals surface area contributed by atoms with Crippen LogP contribution in [0.25, 0.3) is 0 Å². The van der Waals surface area contributed by atoms with Gasteiger partial charge in [0, 0.05) is 4.47 Å². The number of carbonyl (C=O) groups excluding carboxylic acids is 1. The summed E-state index contributed by atoms with van der Waals surface area (Å²) in [6.45, 7) is 14.0. The molecular formula is C16H25BrO3Si. The Kier molecular flexibility index (Phi) is 6.19. The molecule has 118 valence electrons. The van der Waals surface area contributed by atoms with Gasteiger partial charge in [0.05, 0.1) is 12.2 Å². The van der Waals surface area contributed by atoms with Crippen LogP contribution in [0.3, 0.4) is 0 Å². The molecule has 0 aromatic heterocycles. The molecular weight excluding hydrogens is 348 g/mol. The molecule has 0 amide bonds. The van der Waals surface area contributed by atoms with E-state index in [9.17, 15) is 4.79 Å². The summed E-state index contributed by atoms with van der Waals surface area (Å²) in [4.78, 5) is 11.1. The number of aldehydes is 1. The zero-order chi connectivity index (χ0) is 16.3. The second kappa shape index (κ2) is 7.07. The Balaban J connectivity index is 2.61. The van der Waals surface area contributed by atoms with E-state index in [-0.39, 0.29) is 5.04 Å². The average molecular weight is 373 g/mol. The lowest BCUT2D eigenvalue weighted by molar-refractivity contribution is 0.111. The van der Waals surface area contributed by atoms with E-state index in [2.05, 4.69) is 49.8 Å². The van der Waals surface area contributed by atoms with Gasteiger partial charge in [-0.2, -0.15) is 0 Å². The Bertz CT molecular complexity index is 507. The zero-order valence-electron chi connectivity index (χ0n) is 13.7. The minimum absolute atomic E-state index is 0.190. The summed E-state index contributed by atoms with van der Waals surface area (Å²) in [5.74, 6) is 0.615. The highest BCUT2D eigenvalue weighted by Gasteiger charge is 2.36. The molecule has 0 bridgehead atoms. The first-order chi connectivity index (χ1) is 9.58. The van der Waals surface area contributed by atoms with Gasteiger partial charge in [0.2, 0.25) is 0 Å². The zero-order valence-corrected chi connectivity index (χ0v) is 16.3. The number of carbonyl (C=O) groups is 1. The van der Waals surface area contributed by atoms with Crippen LogP contribution < -0.4 is 4.74 Å². The monoisotopic (exact) mass is 372 g/mol. The van der Waals surface area contributed by atoms with E-state index in [1.807, 2.05) is 13.0 Å². The lowest BCUT2D eigenvalue weighted by atomic mass is 10.1. The lowest BCUT2D eigenvalue weighted by Gasteiger charge is -2.36. The van der Waals surface area contributed by atoms with Crippen molar-refractivity contribution in [1.29, 1.82) is 0 Å². The van der Waals surface area contributed by atoms with Gasteiger partial charge in [-0.25, -0.2) is 0 Å². The molecule has 0 radical (unpaired) electrons. The predicted molar refractivity (Wildman–Crippen MR) is 92.9 cm³/mol. The summed E-state index contributed by atoms with van der Waals surface area (Å²) in [7, 11) is -1.74. The van der Waals surface area contributed by atoms with Gasteiger partial charge in [-0.15, -0.1) is 0 Å². The summed E-state index contributed by atoms with van der Waals surface area (Å²) in [5.41, 5.74) is 1.60. The van der Waals surface area contributed by atoms with Gasteiger partial charge < -0.3 is 9.16 Å². The van der Waals surface area contributed by atoms with E-state index in [4.69, 9.17) is 9.16 Å². The van der Waals surface area contributed by atoms with Crippen LogP contribution >= 0.6 is 15.9 Å². The molecule has 0 saturated carbocycles. The van der Waals surface area contributed by atoms with Crippen molar-refractivity contribution in [2.24, 2.45) is 0 Å². The van der Waals surface area contributed by atoms with Crippen molar-refractivity contribution in [2.75, 3.05) is 13.2 Å². The first kappa shape index (κ1) is 18.4. The smallest absolute Gasteiger partial charge is 0.192 e. The van der Waals surface area contributed by atoms with Crippen molar-refractivity contribution < 1.29 is 14.0 Å². The summed E-state index contributed by atoms with van der Waals surface area (Å²) in [6.07, 6.45) is 0.814. The standard InChI is InChI=1S/C16H25BrO3Si/c1-12-9-15(13(11-18)10-14(12)17)19-7-8-20-21(5,6)16(2,3)4/h9-11H,7-8H2,1-6H3. The van der Waals surface area contributed by atoms with E-state index >= 15 is 0 Å². The summed E-state index contributed by atoms with van der Waals surface area (Å²) < 4.78 is 12.7. The summed E-state index contributed by atoms with van der Waals surface area (Å²) in [5, 5.41) is 0.190. The van der Waals surface area contributed by atoms with E-state index < -0.39 is 8.32 Å². The molecule has 0 unspecified atom stereocenters. The molecule has 0 heterocycles. The number of ether oxygens (including phenoxy) is 1. The maximum Gasteiger partial charge on any atom is 0.192 e. The highest BCUT2D eigenvalue weighted by Crippen LogP contribution is 2.36. The number of aryl methyl sites for hydroxylation is 1. The molecule has 0 saturated heterocycles. The Morgan fingerprint density at radius 3 is 2.38 bits per heavy atom.